The number of pyridine rings is 1. The van der Waals surface area contributed by atoms with Crippen molar-refractivity contribution in [3.63, 3.8) is 0 Å². The van der Waals surface area contributed by atoms with Crippen molar-refractivity contribution in [3.05, 3.63) is 65.5 Å². The lowest BCUT2D eigenvalue weighted by molar-refractivity contribution is -0.129. The molecule has 4 heteroatoms. The van der Waals surface area contributed by atoms with Gasteiger partial charge in [0.1, 0.15) is 0 Å². The van der Waals surface area contributed by atoms with Gasteiger partial charge in [0, 0.05) is 43.9 Å². The van der Waals surface area contributed by atoms with Crippen molar-refractivity contribution in [1.82, 2.24) is 9.88 Å². The van der Waals surface area contributed by atoms with Gasteiger partial charge >= 0.3 is 0 Å². The van der Waals surface area contributed by atoms with Gasteiger partial charge in [-0.15, -0.1) is 0 Å². The monoisotopic (exact) mass is 310 g/mol. The minimum absolute atomic E-state index is 0.0956. The van der Waals surface area contributed by atoms with Crippen LogP contribution in [0.25, 0.3) is 0 Å². The Bertz CT molecular complexity index is 672. The van der Waals surface area contributed by atoms with Crippen LogP contribution in [0.5, 0.6) is 0 Å². The van der Waals surface area contributed by atoms with Crippen LogP contribution in [0.2, 0.25) is 0 Å². The van der Waals surface area contributed by atoms with Gasteiger partial charge < -0.3 is 10.0 Å². The molecule has 0 bridgehead atoms. The number of benzene rings is 1. The fraction of sp³-hybridized carbons (Fsp3) is 0.368. The number of carbonyl (C=O) groups is 1. The summed E-state index contributed by atoms with van der Waals surface area (Å²) in [6.45, 7) is 3.41. The Morgan fingerprint density at radius 2 is 1.96 bits per heavy atom. The van der Waals surface area contributed by atoms with Crippen molar-refractivity contribution in [2.75, 3.05) is 19.7 Å². The van der Waals surface area contributed by atoms with Crippen molar-refractivity contribution in [2.45, 2.75) is 19.3 Å². The summed E-state index contributed by atoms with van der Waals surface area (Å²) in [5.41, 5.74) is 3.36. The Kier molecular flexibility index (Phi) is 4.72. The van der Waals surface area contributed by atoms with Crippen molar-refractivity contribution >= 4 is 5.91 Å². The normalized spacial score (nSPS) is 20.7. The molecule has 0 spiro atoms. The number of hydrogen-bond acceptors (Lipinski definition) is 3. The maximum atomic E-state index is 12.6. The predicted molar refractivity (Wildman–Crippen MR) is 89.0 cm³/mol. The Balaban J connectivity index is 1.72. The number of amides is 1. The second-order valence-corrected chi connectivity index (χ2v) is 6.23. The minimum Gasteiger partial charge on any atom is -0.396 e. The third-order valence-electron chi connectivity index (χ3n) is 4.77. The van der Waals surface area contributed by atoms with Crippen LogP contribution in [0.3, 0.4) is 0 Å². The van der Waals surface area contributed by atoms with E-state index in [9.17, 15) is 9.90 Å². The van der Waals surface area contributed by atoms with Crippen LogP contribution in [0.1, 0.15) is 22.6 Å². The highest BCUT2D eigenvalue weighted by Gasteiger charge is 2.35. The number of rotatable bonds is 4. The van der Waals surface area contributed by atoms with Gasteiger partial charge in [-0.25, -0.2) is 0 Å². The lowest BCUT2D eigenvalue weighted by Gasteiger charge is -2.17. The van der Waals surface area contributed by atoms with E-state index in [0.29, 0.717) is 19.5 Å². The first-order valence-corrected chi connectivity index (χ1v) is 8.02. The molecule has 0 aliphatic carbocycles. The lowest BCUT2D eigenvalue weighted by Crippen LogP contribution is -2.30. The predicted octanol–water partition coefficient (Wildman–Crippen LogP) is 2.17. The summed E-state index contributed by atoms with van der Waals surface area (Å²) in [6, 6.07) is 11.9. The van der Waals surface area contributed by atoms with Crippen molar-refractivity contribution in [1.29, 1.82) is 0 Å². The highest BCUT2D eigenvalue weighted by atomic mass is 16.3. The Labute approximate surface area is 136 Å². The molecule has 1 N–H and O–H groups in total. The zero-order valence-corrected chi connectivity index (χ0v) is 13.4. The molecular weight excluding hydrogens is 288 g/mol. The molecular formula is C19H22N2O2. The van der Waals surface area contributed by atoms with Crippen molar-refractivity contribution < 1.29 is 9.90 Å². The van der Waals surface area contributed by atoms with E-state index < -0.39 is 0 Å². The number of nitrogens with zero attached hydrogens (tertiary/aromatic N) is 2. The van der Waals surface area contributed by atoms with E-state index in [-0.39, 0.29) is 24.3 Å². The van der Waals surface area contributed by atoms with Gasteiger partial charge in [0.2, 0.25) is 5.91 Å². The number of aliphatic hydroxyl groups is 1. The van der Waals surface area contributed by atoms with E-state index in [4.69, 9.17) is 0 Å². The second-order valence-electron chi connectivity index (χ2n) is 6.23. The summed E-state index contributed by atoms with van der Waals surface area (Å²) in [5.74, 6) is 0.413. The third kappa shape index (κ3) is 3.42. The summed E-state index contributed by atoms with van der Waals surface area (Å²) in [5, 5.41) is 9.68. The maximum Gasteiger partial charge on any atom is 0.227 e. The van der Waals surface area contributed by atoms with Crippen LogP contribution in [0, 0.1) is 12.8 Å². The van der Waals surface area contributed by atoms with Crippen LogP contribution in [0.15, 0.2) is 48.8 Å². The molecule has 1 saturated heterocycles. The topological polar surface area (TPSA) is 53.4 Å². The summed E-state index contributed by atoms with van der Waals surface area (Å²) in [6.07, 6.45) is 3.96. The Morgan fingerprint density at radius 1 is 1.22 bits per heavy atom. The van der Waals surface area contributed by atoms with Crippen molar-refractivity contribution in [3.8, 4) is 0 Å². The van der Waals surface area contributed by atoms with Gasteiger partial charge in [0.05, 0.1) is 6.42 Å². The molecule has 1 fully saturated rings. The van der Waals surface area contributed by atoms with Gasteiger partial charge in [-0.1, -0.05) is 24.3 Å². The minimum atomic E-state index is 0.0956. The number of aryl methyl sites for hydroxylation is 1. The number of likely N-dealkylation sites (tertiary alicyclic amines) is 1. The van der Waals surface area contributed by atoms with Crippen molar-refractivity contribution in [2.24, 2.45) is 5.92 Å². The van der Waals surface area contributed by atoms with Crippen LogP contribution in [-0.4, -0.2) is 40.6 Å². The van der Waals surface area contributed by atoms with Crippen LogP contribution < -0.4 is 0 Å². The Morgan fingerprint density at radius 3 is 2.65 bits per heavy atom. The number of aliphatic hydroxyl groups excluding tert-OH is 1. The number of hydrogen-bond donors (Lipinski definition) is 1. The highest BCUT2D eigenvalue weighted by molar-refractivity contribution is 5.79. The van der Waals surface area contributed by atoms with E-state index in [0.717, 1.165) is 16.7 Å². The van der Waals surface area contributed by atoms with Gasteiger partial charge in [-0.2, -0.15) is 0 Å². The fourth-order valence-corrected chi connectivity index (χ4v) is 3.33. The average Bonchev–Trinajstić information content (AvgIpc) is 3.02. The number of aromatic nitrogens is 1. The van der Waals surface area contributed by atoms with Gasteiger partial charge in [0.15, 0.2) is 0 Å². The first-order chi connectivity index (χ1) is 11.2. The van der Waals surface area contributed by atoms with Gasteiger partial charge in [0.25, 0.3) is 0 Å². The SMILES string of the molecule is Cc1ccccc1CC(=O)N1C[C@@H](CO)[C@H](c2ccncc2)C1. The standard InChI is InChI=1S/C19H22N2O2/c1-14-4-2-3-5-16(14)10-19(23)21-11-17(13-22)18(12-21)15-6-8-20-9-7-15/h2-9,17-18,22H,10-13H2,1H3/t17-,18-/m0/s1. The molecule has 1 aromatic carbocycles. The summed E-state index contributed by atoms with van der Waals surface area (Å²) >= 11 is 0. The molecule has 1 amide bonds. The maximum absolute atomic E-state index is 12.6. The summed E-state index contributed by atoms with van der Waals surface area (Å²) in [4.78, 5) is 18.6. The molecule has 1 aromatic heterocycles. The Hall–Kier alpha value is -2.20. The van der Waals surface area contributed by atoms with Crippen LogP contribution in [-0.2, 0) is 11.2 Å². The van der Waals surface area contributed by atoms with E-state index in [1.54, 1.807) is 12.4 Å². The van der Waals surface area contributed by atoms with Gasteiger partial charge in [-0.05, 0) is 35.7 Å². The molecule has 1 aliphatic rings. The molecule has 120 valence electrons. The molecule has 3 rings (SSSR count). The molecule has 0 radical (unpaired) electrons. The largest absolute Gasteiger partial charge is 0.396 e. The molecule has 4 nitrogen and oxygen atoms in total. The van der Waals surface area contributed by atoms with E-state index >= 15 is 0 Å². The molecule has 23 heavy (non-hydrogen) atoms. The second kappa shape index (κ2) is 6.92. The quantitative estimate of drug-likeness (QED) is 0.941. The van der Waals surface area contributed by atoms with Crippen LogP contribution in [0.4, 0.5) is 0 Å². The van der Waals surface area contributed by atoms with E-state index in [1.165, 1.54) is 0 Å². The van der Waals surface area contributed by atoms with E-state index in [2.05, 4.69) is 4.98 Å². The number of carbonyl (C=O) groups excluding carboxylic acids is 1. The molecule has 2 atom stereocenters. The molecule has 2 heterocycles. The van der Waals surface area contributed by atoms with Crippen LogP contribution >= 0.6 is 0 Å². The zero-order chi connectivity index (χ0) is 16.2. The molecule has 0 unspecified atom stereocenters. The third-order valence-corrected chi connectivity index (χ3v) is 4.77. The smallest absolute Gasteiger partial charge is 0.227 e. The summed E-state index contributed by atoms with van der Waals surface area (Å²) in [7, 11) is 0. The average molecular weight is 310 g/mol. The molecule has 2 aromatic rings. The first kappa shape index (κ1) is 15.7. The summed E-state index contributed by atoms with van der Waals surface area (Å²) < 4.78 is 0. The lowest BCUT2D eigenvalue weighted by atomic mass is 9.90. The highest BCUT2D eigenvalue weighted by Crippen LogP contribution is 2.32. The molecule has 0 saturated carbocycles. The molecule has 1 aliphatic heterocycles. The zero-order valence-electron chi connectivity index (χ0n) is 13.4. The fourth-order valence-electron chi connectivity index (χ4n) is 3.33. The van der Waals surface area contributed by atoms with Gasteiger partial charge in [-0.3, -0.25) is 9.78 Å². The first-order valence-electron chi connectivity index (χ1n) is 8.02. The van der Waals surface area contributed by atoms with E-state index in [1.807, 2.05) is 48.2 Å².